The Bertz CT molecular complexity index is 1710. The van der Waals surface area contributed by atoms with Crippen LogP contribution in [-0.2, 0) is 23.9 Å². The summed E-state index contributed by atoms with van der Waals surface area (Å²) in [7, 11) is 0. The zero-order valence-electron chi connectivity index (χ0n) is 24.2. The first kappa shape index (κ1) is 33.2. The largest absolute Gasteiger partial charge is 0.491 e. The molecule has 0 aromatic heterocycles. The summed E-state index contributed by atoms with van der Waals surface area (Å²) in [5.41, 5.74) is 2.62. The summed E-state index contributed by atoms with van der Waals surface area (Å²) in [6, 6.07) is 27.0. The van der Waals surface area contributed by atoms with Crippen molar-refractivity contribution in [2.45, 2.75) is 25.1 Å². The molecule has 0 aliphatic carbocycles. The van der Waals surface area contributed by atoms with Crippen molar-refractivity contribution >= 4 is 46.2 Å². The van der Waals surface area contributed by atoms with Gasteiger partial charge in [0.05, 0.1) is 24.7 Å². The third kappa shape index (κ3) is 9.64. The van der Waals surface area contributed by atoms with Crippen molar-refractivity contribution in [1.82, 2.24) is 16.0 Å². The number of fused-ring (bicyclic) bond motifs is 1. The fourth-order valence-corrected chi connectivity index (χ4v) is 4.46. The molecule has 0 saturated heterocycles. The zero-order valence-corrected chi connectivity index (χ0v) is 24.2. The average molecular weight is 635 g/mol. The van der Waals surface area contributed by atoms with Gasteiger partial charge in [-0.15, -0.1) is 0 Å². The minimum absolute atomic E-state index is 0.0421. The Morgan fingerprint density at radius 1 is 0.717 bits per heavy atom. The molecule has 4 aromatic carbocycles. The van der Waals surface area contributed by atoms with Crippen LogP contribution in [0, 0.1) is 0 Å². The predicted octanol–water partition coefficient (Wildman–Crippen LogP) is 5.01. The van der Waals surface area contributed by atoms with E-state index in [0.717, 1.165) is 21.9 Å². The molecule has 0 bridgehead atoms. The molecule has 0 aliphatic heterocycles. The standard InChI is InChI=1S/C33H29F3N4O6/c34-33(35,36)31(44)46-30(43)19-27(24-15-13-22(14-16-24)21-7-2-1-3-8-21)39-29(42)20-38-28(41)17-18-37-32(45)40-26-12-6-10-23-9-4-5-11-25(23)26/h1-16,27H,17-20H2,(H,38,41)(H,39,42)(H2,37,40,45). The maximum absolute atomic E-state index is 12.7. The van der Waals surface area contributed by atoms with Gasteiger partial charge in [0.15, 0.2) is 0 Å². The van der Waals surface area contributed by atoms with Gasteiger partial charge < -0.3 is 26.0 Å². The van der Waals surface area contributed by atoms with Gasteiger partial charge in [0.2, 0.25) is 11.8 Å². The van der Waals surface area contributed by atoms with E-state index in [2.05, 4.69) is 26.0 Å². The first-order valence-electron chi connectivity index (χ1n) is 14.1. The van der Waals surface area contributed by atoms with Crippen molar-refractivity contribution in [2.75, 3.05) is 18.4 Å². The number of rotatable bonds is 11. The van der Waals surface area contributed by atoms with Crippen molar-refractivity contribution in [1.29, 1.82) is 0 Å². The van der Waals surface area contributed by atoms with E-state index in [1.165, 1.54) is 0 Å². The highest BCUT2D eigenvalue weighted by Crippen LogP contribution is 2.25. The van der Waals surface area contributed by atoms with Crippen LogP contribution in [-0.4, -0.2) is 49.0 Å². The molecule has 0 radical (unpaired) electrons. The van der Waals surface area contributed by atoms with E-state index >= 15 is 0 Å². The molecular formula is C33H29F3N4O6. The molecule has 0 spiro atoms. The highest BCUT2D eigenvalue weighted by molar-refractivity contribution is 6.01. The van der Waals surface area contributed by atoms with Crippen molar-refractivity contribution in [3.8, 4) is 11.1 Å². The lowest BCUT2D eigenvalue weighted by Crippen LogP contribution is -2.40. The molecule has 238 valence electrons. The Morgan fingerprint density at radius 2 is 1.37 bits per heavy atom. The number of urea groups is 1. The Balaban J connectivity index is 1.29. The van der Waals surface area contributed by atoms with Gasteiger partial charge in [-0.1, -0.05) is 91.0 Å². The summed E-state index contributed by atoms with van der Waals surface area (Å²) < 4.78 is 41.7. The fraction of sp³-hybridized carbons (Fsp3) is 0.182. The van der Waals surface area contributed by atoms with Crippen molar-refractivity contribution < 1.29 is 41.9 Å². The van der Waals surface area contributed by atoms with Crippen LogP contribution in [0.4, 0.5) is 23.7 Å². The second kappa shape index (κ2) is 15.3. The predicted molar refractivity (Wildman–Crippen MR) is 163 cm³/mol. The molecule has 4 aromatic rings. The van der Waals surface area contributed by atoms with Crippen LogP contribution in [0.1, 0.15) is 24.4 Å². The van der Waals surface area contributed by atoms with Crippen LogP contribution < -0.4 is 21.3 Å². The van der Waals surface area contributed by atoms with Crippen molar-refractivity contribution in [2.24, 2.45) is 0 Å². The van der Waals surface area contributed by atoms with E-state index in [1.807, 2.05) is 60.7 Å². The van der Waals surface area contributed by atoms with Crippen molar-refractivity contribution in [3.05, 3.63) is 103 Å². The van der Waals surface area contributed by atoms with Crippen LogP contribution in [0.25, 0.3) is 21.9 Å². The molecule has 0 fully saturated rings. The van der Waals surface area contributed by atoms with Crippen LogP contribution in [0.5, 0.6) is 0 Å². The van der Waals surface area contributed by atoms with Crippen molar-refractivity contribution in [3.63, 3.8) is 0 Å². The van der Waals surface area contributed by atoms with Gasteiger partial charge >= 0.3 is 24.1 Å². The van der Waals surface area contributed by atoms with E-state index in [4.69, 9.17) is 0 Å². The molecule has 10 nitrogen and oxygen atoms in total. The number of alkyl halides is 3. The minimum atomic E-state index is -5.37. The summed E-state index contributed by atoms with van der Waals surface area (Å²) in [6.45, 7) is -0.574. The number of carbonyl (C=O) groups is 5. The number of esters is 2. The molecule has 4 rings (SSSR count). The number of halogens is 3. The van der Waals surface area contributed by atoms with Gasteiger partial charge in [-0.2, -0.15) is 13.2 Å². The first-order chi connectivity index (χ1) is 22.0. The molecule has 1 atom stereocenters. The maximum Gasteiger partial charge on any atom is 0.491 e. The summed E-state index contributed by atoms with van der Waals surface area (Å²) in [4.78, 5) is 60.6. The van der Waals surface area contributed by atoms with E-state index in [9.17, 15) is 37.1 Å². The lowest BCUT2D eigenvalue weighted by Gasteiger charge is -2.19. The Hall–Kier alpha value is -5.72. The highest BCUT2D eigenvalue weighted by Gasteiger charge is 2.42. The van der Waals surface area contributed by atoms with Gasteiger partial charge in [0.25, 0.3) is 0 Å². The Labute approximate surface area is 261 Å². The molecular weight excluding hydrogens is 605 g/mol. The summed E-state index contributed by atoms with van der Waals surface area (Å²) in [6.07, 6.45) is -6.32. The molecule has 0 aliphatic rings. The zero-order chi connectivity index (χ0) is 33.1. The number of anilines is 1. The summed E-state index contributed by atoms with van der Waals surface area (Å²) in [5.74, 6) is -5.51. The molecule has 4 N–H and O–H groups in total. The van der Waals surface area contributed by atoms with Crippen LogP contribution >= 0.6 is 0 Å². The Morgan fingerprint density at radius 3 is 2.09 bits per heavy atom. The lowest BCUT2D eigenvalue weighted by atomic mass is 9.99. The topological polar surface area (TPSA) is 143 Å². The SMILES string of the molecule is O=C(CCNC(=O)Nc1cccc2ccccc12)NCC(=O)NC(CC(=O)OC(=O)C(F)(F)F)c1ccc(-c2ccccc2)cc1. The number of hydrogen-bond acceptors (Lipinski definition) is 6. The smallest absolute Gasteiger partial charge is 0.386 e. The summed E-state index contributed by atoms with van der Waals surface area (Å²) in [5, 5.41) is 11.9. The second-order valence-corrected chi connectivity index (χ2v) is 10.0. The van der Waals surface area contributed by atoms with Gasteiger partial charge in [-0.25, -0.2) is 9.59 Å². The minimum Gasteiger partial charge on any atom is -0.386 e. The third-order valence-corrected chi connectivity index (χ3v) is 6.69. The third-order valence-electron chi connectivity index (χ3n) is 6.69. The number of amides is 4. The monoisotopic (exact) mass is 634 g/mol. The second-order valence-electron chi connectivity index (χ2n) is 10.0. The van der Waals surface area contributed by atoms with Gasteiger partial charge in [-0.05, 0) is 28.1 Å². The fourth-order valence-electron chi connectivity index (χ4n) is 4.46. The first-order valence-corrected chi connectivity index (χ1v) is 14.1. The number of carbonyl (C=O) groups excluding carboxylic acids is 5. The van der Waals surface area contributed by atoms with Crippen LogP contribution in [0.2, 0.25) is 0 Å². The van der Waals surface area contributed by atoms with E-state index in [1.54, 1.807) is 36.4 Å². The molecule has 46 heavy (non-hydrogen) atoms. The normalized spacial score (nSPS) is 11.6. The quantitative estimate of drug-likeness (QED) is 0.135. The van der Waals surface area contributed by atoms with Crippen LogP contribution in [0.3, 0.4) is 0 Å². The van der Waals surface area contributed by atoms with Crippen LogP contribution in [0.15, 0.2) is 97.1 Å². The molecule has 1 unspecified atom stereocenters. The molecule has 0 heterocycles. The molecule has 13 heteroatoms. The molecule has 0 saturated carbocycles. The van der Waals surface area contributed by atoms with Gasteiger partial charge in [-0.3, -0.25) is 14.4 Å². The number of ether oxygens (including phenoxy) is 1. The lowest BCUT2D eigenvalue weighted by molar-refractivity contribution is -0.202. The number of hydrogen-bond donors (Lipinski definition) is 4. The van der Waals surface area contributed by atoms with E-state index in [0.29, 0.717) is 11.3 Å². The maximum atomic E-state index is 12.7. The summed E-state index contributed by atoms with van der Waals surface area (Å²) >= 11 is 0. The van der Waals surface area contributed by atoms with E-state index in [-0.39, 0.29) is 13.0 Å². The van der Waals surface area contributed by atoms with E-state index < -0.39 is 55.0 Å². The average Bonchev–Trinajstić information content (AvgIpc) is 3.03. The molecule has 4 amide bonds. The number of benzene rings is 4. The highest BCUT2D eigenvalue weighted by atomic mass is 19.4. The Kier molecular flexibility index (Phi) is 11.1. The van der Waals surface area contributed by atoms with Gasteiger partial charge in [0.1, 0.15) is 0 Å². The van der Waals surface area contributed by atoms with Gasteiger partial charge in [0, 0.05) is 18.4 Å². The number of nitrogens with one attached hydrogen (secondary N) is 4.